The monoisotopic (exact) mass is 591 g/mol. The lowest BCUT2D eigenvalue weighted by Crippen LogP contribution is -2.43. The number of halogens is 2. The third-order valence-electron chi connectivity index (χ3n) is 9.66. The largest absolute Gasteiger partial charge is 0.508 e. The number of phenolic OH excluding ortho intramolecular Hbond substituents is 1. The van der Waals surface area contributed by atoms with Crippen molar-refractivity contribution >= 4 is 27.5 Å². The Kier molecular flexibility index (Phi) is 7.85. The van der Waals surface area contributed by atoms with Gasteiger partial charge >= 0.3 is 6.01 Å². The maximum Gasteiger partial charge on any atom is 0.319 e. The molecular formula is C33H39F2N5O3. The molecule has 10 heteroatoms. The van der Waals surface area contributed by atoms with Gasteiger partial charge in [0.2, 0.25) is 0 Å². The summed E-state index contributed by atoms with van der Waals surface area (Å²) in [6.45, 7) is 6.62. The molecule has 0 aliphatic carbocycles. The van der Waals surface area contributed by atoms with Crippen LogP contribution < -0.4 is 9.64 Å². The molecule has 2 saturated heterocycles. The Bertz CT molecular complexity index is 1690. The van der Waals surface area contributed by atoms with Gasteiger partial charge in [-0.05, 0) is 99.5 Å². The zero-order valence-electron chi connectivity index (χ0n) is 25.3. The molecule has 0 spiro atoms. The molecule has 0 unspecified atom stereocenters. The summed E-state index contributed by atoms with van der Waals surface area (Å²) in [5.74, 6) is -0.420. The van der Waals surface area contributed by atoms with Crippen LogP contribution in [0.3, 0.4) is 0 Å². The molecule has 2 aromatic heterocycles. The van der Waals surface area contributed by atoms with Crippen molar-refractivity contribution in [2.75, 3.05) is 38.8 Å². The molecule has 7 rings (SSSR count). The summed E-state index contributed by atoms with van der Waals surface area (Å²) in [6.07, 6.45) is 6.28. The van der Waals surface area contributed by atoms with Crippen LogP contribution in [-0.4, -0.2) is 75.5 Å². The molecule has 2 fully saturated rings. The molecule has 5 heterocycles. The summed E-state index contributed by atoms with van der Waals surface area (Å²) in [7, 11) is 2.96. The van der Waals surface area contributed by atoms with Gasteiger partial charge in [-0.25, -0.2) is 13.8 Å². The molecule has 0 amide bonds. The number of aliphatic hydroxyl groups is 1. The highest BCUT2D eigenvalue weighted by molar-refractivity contribution is 6.02. The van der Waals surface area contributed by atoms with Gasteiger partial charge in [-0.2, -0.15) is 9.97 Å². The minimum atomic E-state index is -0.625. The molecule has 0 radical (unpaired) electrons. The van der Waals surface area contributed by atoms with E-state index in [9.17, 15) is 9.50 Å². The van der Waals surface area contributed by atoms with Crippen LogP contribution in [0.15, 0.2) is 24.3 Å². The number of benzene rings is 2. The summed E-state index contributed by atoms with van der Waals surface area (Å²) in [5.41, 5.74) is 1.70. The number of aromatic hydroxyl groups is 1. The number of pyridine rings is 1. The zero-order valence-corrected chi connectivity index (χ0v) is 25.3. The van der Waals surface area contributed by atoms with E-state index in [0.717, 1.165) is 52.3 Å². The number of aliphatic hydroxyl groups excluding tert-OH is 1. The first-order chi connectivity index (χ1) is 20.8. The van der Waals surface area contributed by atoms with Gasteiger partial charge in [-0.15, -0.1) is 0 Å². The Hall–Kier alpha value is -3.63. The first kappa shape index (κ1) is 29.4. The number of fused-ring (bicyclic) bond motifs is 2. The lowest BCUT2D eigenvalue weighted by molar-refractivity contribution is 0.108. The summed E-state index contributed by atoms with van der Waals surface area (Å²) in [6, 6.07) is 6.34. The van der Waals surface area contributed by atoms with Crippen LogP contribution in [0, 0.1) is 11.6 Å². The van der Waals surface area contributed by atoms with E-state index < -0.39 is 5.82 Å². The van der Waals surface area contributed by atoms with Crippen LogP contribution >= 0.6 is 0 Å². The minimum Gasteiger partial charge on any atom is -0.508 e. The summed E-state index contributed by atoms with van der Waals surface area (Å²) < 4.78 is 38.0. The SMILES string of the molecule is CCc1c(F)ccc2cc(O)cc(-c3nc4c5c(nc(OCC67CCCN6CCC7)nc5c3F)N(C)[C@H](C)CC4)c12.CO. The third kappa shape index (κ3) is 4.84. The molecule has 43 heavy (non-hydrogen) atoms. The average molecular weight is 592 g/mol. The standard InChI is InChI=1S/C32H35F2N5O2.CH4O/c1-4-21-23(33)9-8-19-15-20(40)16-22(25(19)21)28-27(34)29-26-24(35-28)10-7-18(2)38(3)30(26)37-31(36-29)41-17-32-11-5-13-39(32)14-6-12-32;1-2/h8-9,15-16,18,40H,4-7,10-14,17H2,1-3H3;2H,1H3/t18-;/m1./s1. The fourth-order valence-corrected chi connectivity index (χ4v) is 7.32. The first-order valence-electron chi connectivity index (χ1n) is 15.2. The summed E-state index contributed by atoms with van der Waals surface area (Å²) in [5, 5.41) is 19.4. The first-order valence-corrected chi connectivity index (χ1v) is 15.2. The van der Waals surface area contributed by atoms with E-state index >= 15 is 4.39 Å². The second-order valence-corrected chi connectivity index (χ2v) is 12.0. The highest BCUT2D eigenvalue weighted by Gasteiger charge is 2.45. The molecule has 1 atom stereocenters. The quantitative estimate of drug-likeness (QED) is 0.302. The average Bonchev–Trinajstić information content (AvgIpc) is 3.57. The molecule has 3 aliphatic rings. The lowest BCUT2D eigenvalue weighted by atomic mass is 9.94. The molecular weight excluding hydrogens is 552 g/mol. The molecule has 0 bridgehead atoms. The van der Waals surface area contributed by atoms with E-state index in [1.807, 2.05) is 14.0 Å². The van der Waals surface area contributed by atoms with Crippen LogP contribution in [0.5, 0.6) is 11.8 Å². The molecule has 2 aromatic carbocycles. The molecule has 8 nitrogen and oxygen atoms in total. The Labute approximate surface area is 250 Å². The van der Waals surface area contributed by atoms with Gasteiger partial charge in [-0.3, -0.25) is 4.90 Å². The van der Waals surface area contributed by atoms with Gasteiger partial charge in [0.1, 0.15) is 35.2 Å². The van der Waals surface area contributed by atoms with Crippen molar-refractivity contribution in [1.29, 1.82) is 0 Å². The van der Waals surface area contributed by atoms with Gasteiger partial charge in [0, 0.05) is 25.8 Å². The number of phenols is 1. The number of nitrogens with zero attached hydrogens (tertiary/aromatic N) is 5. The fourth-order valence-electron chi connectivity index (χ4n) is 7.32. The van der Waals surface area contributed by atoms with Crippen LogP contribution in [-0.2, 0) is 12.8 Å². The van der Waals surface area contributed by atoms with Crippen molar-refractivity contribution in [1.82, 2.24) is 19.9 Å². The Morgan fingerprint density at radius 2 is 1.79 bits per heavy atom. The zero-order chi connectivity index (χ0) is 30.5. The maximum atomic E-state index is 16.8. The van der Waals surface area contributed by atoms with Crippen molar-refractivity contribution in [3.05, 3.63) is 47.2 Å². The van der Waals surface area contributed by atoms with Crippen molar-refractivity contribution in [2.24, 2.45) is 0 Å². The van der Waals surface area contributed by atoms with Crippen molar-refractivity contribution in [3.63, 3.8) is 0 Å². The number of hydrogen-bond donors (Lipinski definition) is 2. The van der Waals surface area contributed by atoms with Crippen LogP contribution in [0.25, 0.3) is 32.9 Å². The molecule has 4 aromatic rings. The van der Waals surface area contributed by atoms with Gasteiger partial charge in [0.25, 0.3) is 0 Å². The number of ether oxygens (including phenoxy) is 1. The molecule has 2 N–H and O–H groups in total. The van der Waals surface area contributed by atoms with Crippen molar-refractivity contribution in [3.8, 4) is 23.0 Å². The van der Waals surface area contributed by atoms with E-state index in [1.54, 1.807) is 12.1 Å². The second-order valence-electron chi connectivity index (χ2n) is 12.0. The minimum absolute atomic E-state index is 0.000152. The van der Waals surface area contributed by atoms with Gasteiger partial charge in [0.05, 0.1) is 16.6 Å². The predicted molar refractivity (Wildman–Crippen MR) is 164 cm³/mol. The smallest absolute Gasteiger partial charge is 0.319 e. The van der Waals surface area contributed by atoms with E-state index in [0.29, 0.717) is 58.2 Å². The number of rotatable bonds is 5. The highest BCUT2D eigenvalue weighted by atomic mass is 19.1. The van der Waals surface area contributed by atoms with E-state index in [-0.39, 0.29) is 40.4 Å². The number of aromatic nitrogens is 3. The maximum absolute atomic E-state index is 16.8. The predicted octanol–water partition coefficient (Wildman–Crippen LogP) is 5.78. The topological polar surface area (TPSA) is 94.8 Å². The summed E-state index contributed by atoms with van der Waals surface area (Å²) >= 11 is 0. The van der Waals surface area contributed by atoms with Crippen molar-refractivity contribution < 1.29 is 23.7 Å². The third-order valence-corrected chi connectivity index (χ3v) is 9.66. The second kappa shape index (κ2) is 11.5. The van der Waals surface area contributed by atoms with Gasteiger partial charge in [0.15, 0.2) is 5.82 Å². The molecule has 0 saturated carbocycles. The van der Waals surface area contributed by atoms with Gasteiger partial charge < -0.3 is 19.8 Å². The number of aryl methyl sites for hydroxylation is 2. The van der Waals surface area contributed by atoms with E-state index in [2.05, 4.69) is 21.7 Å². The van der Waals surface area contributed by atoms with Crippen LogP contribution in [0.1, 0.15) is 57.2 Å². The fraction of sp³-hybridized carbons (Fsp3) is 0.485. The van der Waals surface area contributed by atoms with Crippen LogP contribution in [0.4, 0.5) is 14.6 Å². The molecule has 228 valence electrons. The number of anilines is 1. The van der Waals surface area contributed by atoms with E-state index in [1.165, 1.54) is 12.1 Å². The Balaban J connectivity index is 0.00000161. The highest BCUT2D eigenvalue weighted by Crippen LogP contribution is 2.42. The van der Waals surface area contributed by atoms with Crippen LogP contribution in [0.2, 0.25) is 0 Å². The lowest BCUT2D eigenvalue weighted by Gasteiger charge is -2.31. The number of hydrogen-bond acceptors (Lipinski definition) is 8. The summed E-state index contributed by atoms with van der Waals surface area (Å²) in [4.78, 5) is 18.9. The van der Waals surface area contributed by atoms with Crippen molar-refractivity contribution in [2.45, 2.75) is 70.4 Å². The molecule has 3 aliphatic heterocycles. The normalized spacial score (nSPS) is 19.3. The van der Waals surface area contributed by atoms with E-state index in [4.69, 9.17) is 19.8 Å². The Morgan fingerprint density at radius 3 is 2.51 bits per heavy atom. The van der Waals surface area contributed by atoms with Gasteiger partial charge in [-0.1, -0.05) is 13.0 Å². The Morgan fingerprint density at radius 1 is 1.05 bits per heavy atom.